The molecule has 1 aliphatic rings. The maximum absolute atomic E-state index is 13.5. The molecule has 3 nitrogen and oxygen atoms in total. The summed E-state index contributed by atoms with van der Waals surface area (Å²) in [6.07, 6.45) is 1.14. The van der Waals surface area contributed by atoms with E-state index in [0.29, 0.717) is 12.5 Å². The maximum Gasteiger partial charge on any atom is 0.314 e. The Balaban J connectivity index is 2.67. The van der Waals surface area contributed by atoms with E-state index in [1.807, 2.05) is 0 Å². The second-order valence-electron chi connectivity index (χ2n) is 4.31. The van der Waals surface area contributed by atoms with Gasteiger partial charge in [0.1, 0.15) is 0 Å². The first-order chi connectivity index (χ1) is 8.44. The predicted molar refractivity (Wildman–Crippen MR) is 56.0 cm³/mol. The van der Waals surface area contributed by atoms with E-state index in [1.165, 1.54) is 0 Å². The van der Waals surface area contributed by atoms with Gasteiger partial charge in [-0.05, 0) is 18.9 Å². The molecule has 0 spiro atoms. The predicted octanol–water partition coefficient (Wildman–Crippen LogP) is 2.62. The molecule has 18 heavy (non-hydrogen) atoms. The SMILES string of the molecule is COc1c(C2(C(=O)O)CCC2)cc(F)c(F)c1F. The Labute approximate surface area is 101 Å². The molecule has 1 saturated carbocycles. The van der Waals surface area contributed by atoms with Crippen LogP contribution in [0.2, 0.25) is 0 Å². The van der Waals surface area contributed by atoms with Gasteiger partial charge in [0.2, 0.25) is 5.82 Å². The summed E-state index contributed by atoms with van der Waals surface area (Å²) in [7, 11) is 1.09. The minimum atomic E-state index is -1.66. The number of rotatable bonds is 3. The minimum absolute atomic E-state index is 0.139. The molecular formula is C12H11F3O3. The Bertz CT molecular complexity index is 510. The number of ether oxygens (including phenoxy) is 1. The zero-order valence-corrected chi connectivity index (χ0v) is 9.60. The second kappa shape index (κ2) is 4.19. The van der Waals surface area contributed by atoms with Gasteiger partial charge < -0.3 is 9.84 Å². The van der Waals surface area contributed by atoms with Crippen molar-refractivity contribution in [3.63, 3.8) is 0 Å². The third-order valence-electron chi connectivity index (χ3n) is 3.45. The quantitative estimate of drug-likeness (QED) is 0.850. The average molecular weight is 260 g/mol. The largest absolute Gasteiger partial charge is 0.493 e. The summed E-state index contributed by atoms with van der Waals surface area (Å²) in [6, 6.07) is 0.713. The van der Waals surface area contributed by atoms with E-state index in [9.17, 15) is 23.1 Å². The summed E-state index contributed by atoms with van der Waals surface area (Å²) >= 11 is 0. The first-order valence-electron chi connectivity index (χ1n) is 5.39. The number of hydrogen-bond acceptors (Lipinski definition) is 2. The van der Waals surface area contributed by atoms with E-state index in [2.05, 4.69) is 0 Å². The van der Waals surface area contributed by atoms with Gasteiger partial charge in [-0.2, -0.15) is 4.39 Å². The van der Waals surface area contributed by atoms with Crippen LogP contribution < -0.4 is 4.74 Å². The van der Waals surface area contributed by atoms with E-state index in [0.717, 1.165) is 7.11 Å². The lowest BCUT2D eigenvalue weighted by atomic mass is 9.64. The van der Waals surface area contributed by atoms with Crippen LogP contribution in [0.15, 0.2) is 6.07 Å². The van der Waals surface area contributed by atoms with E-state index >= 15 is 0 Å². The molecular weight excluding hydrogens is 249 g/mol. The zero-order valence-electron chi connectivity index (χ0n) is 9.60. The van der Waals surface area contributed by atoms with Crippen LogP contribution in [0.4, 0.5) is 13.2 Å². The molecule has 0 aliphatic heterocycles. The van der Waals surface area contributed by atoms with E-state index in [-0.39, 0.29) is 18.4 Å². The van der Waals surface area contributed by atoms with Gasteiger partial charge in [0.25, 0.3) is 0 Å². The highest BCUT2D eigenvalue weighted by Crippen LogP contribution is 2.48. The number of carboxylic acids is 1. The molecule has 0 heterocycles. The smallest absolute Gasteiger partial charge is 0.314 e. The van der Waals surface area contributed by atoms with Crippen LogP contribution in [-0.4, -0.2) is 18.2 Å². The zero-order chi connectivity index (χ0) is 13.5. The highest BCUT2D eigenvalue weighted by Gasteiger charge is 2.49. The fourth-order valence-electron chi connectivity index (χ4n) is 2.26. The molecule has 0 bridgehead atoms. The molecule has 0 radical (unpaired) electrons. The fourth-order valence-corrected chi connectivity index (χ4v) is 2.26. The number of hydrogen-bond donors (Lipinski definition) is 1. The first kappa shape index (κ1) is 12.7. The summed E-state index contributed by atoms with van der Waals surface area (Å²) in [6.45, 7) is 0. The van der Waals surface area contributed by atoms with Crippen LogP contribution in [0.3, 0.4) is 0 Å². The van der Waals surface area contributed by atoms with Gasteiger partial charge in [-0.25, -0.2) is 8.78 Å². The fraction of sp³-hybridized carbons (Fsp3) is 0.417. The standard InChI is InChI=1S/C12H11F3O3/c1-18-10-6(5-7(13)8(14)9(10)15)12(11(16)17)3-2-4-12/h5H,2-4H2,1H3,(H,16,17). The highest BCUT2D eigenvalue weighted by molar-refractivity contribution is 5.83. The maximum atomic E-state index is 13.5. The lowest BCUT2D eigenvalue weighted by Crippen LogP contribution is -2.42. The van der Waals surface area contributed by atoms with E-state index in [4.69, 9.17) is 4.74 Å². The van der Waals surface area contributed by atoms with Crippen molar-refractivity contribution in [3.8, 4) is 5.75 Å². The van der Waals surface area contributed by atoms with E-state index < -0.39 is 34.6 Å². The molecule has 1 N–H and O–H groups in total. The molecule has 0 amide bonds. The Morgan fingerprint density at radius 2 is 1.94 bits per heavy atom. The number of halogens is 3. The van der Waals surface area contributed by atoms with Gasteiger partial charge in [-0.15, -0.1) is 0 Å². The Morgan fingerprint density at radius 3 is 2.33 bits per heavy atom. The van der Waals surface area contributed by atoms with Crippen LogP contribution >= 0.6 is 0 Å². The molecule has 1 aromatic carbocycles. The van der Waals surface area contributed by atoms with Crippen LogP contribution in [0, 0.1) is 17.5 Å². The van der Waals surface area contributed by atoms with E-state index in [1.54, 1.807) is 0 Å². The summed E-state index contributed by atoms with van der Waals surface area (Å²) in [4.78, 5) is 11.3. The van der Waals surface area contributed by atoms with Crippen LogP contribution in [0.25, 0.3) is 0 Å². The lowest BCUT2D eigenvalue weighted by molar-refractivity contribution is -0.147. The average Bonchev–Trinajstić information content (AvgIpc) is 2.24. The van der Waals surface area contributed by atoms with Gasteiger partial charge in [-0.1, -0.05) is 6.42 Å². The molecule has 1 aliphatic carbocycles. The van der Waals surface area contributed by atoms with Crippen molar-refractivity contribution < 1.29 is 27.8 Å². The van der Waals surface area contributed by atoms with Gasteiger partial charge in [0.15, 0.2) is 17.4 Å². The van der Waals surface area contributed by atoms with Crippen molar-refractivity contribution in [1.29, 1.82) is 0 Å². The number of benzene rings is 1. The molecule has 6 heteroatoms. The number of methoxy groups -OCH3 is 1. The van der Waals surface area contributed by atoms with Crippen molar-refractivity contribution in [1.82, 2.24) is 0 Å². The van der Waals surface area contributed by atoms with Crippen molar-refractivity contribution in [2.45, 2.75) is 24.7 Å². The Kier molecular flexibility index (Phi) is 2.96. The van der Waals surface area contributed by atoms with Gasteiger partial charge >= 0.3 is 5.97 Å². The Hall–Kier alpha value is -1.72. The third kappa shape index (κ3) is 1.55. The van der Waals surface area contributed by atoms with Crippen molar-refractivity contribution in [2.24, 2.45) is 0 Å². The molecule has 0 aromatic heterocycles. The number of carbonyl (C=O) groups is 1. The normalized spacial score (nSPS) is 17.1. The van der Waals surface area contributed by atoms with Crippen molar-refractivity contribution in [2.75, 3.05) is 7.11 Å². The van der Waals surface area contributed by atoms with Gasteiger partial charge in [-0.3, -0.25) is 4.79 Å². The molecule has 0 atom stereocenters. The Morgan fingerprint density at radius 1 is 1.33 bits per heavy atom. The topological polar surface area (TPSA) is 46.5 Å². The monoisotopic (exact) mass is 260 g/mol. The van der Waals surface area contributed by atoms with Gasteiger partial charge in [0, 0.05) is 5.56 Å². The number of aliphatic carboxylic acids is 1. The van der Waals surface area contributed by atoms with Gasteiger partial charge in [0.05, 0.1) is 12.5 Å². The van der Waals surface area contributed by atoms with Crippen LogP contribution in [0.1, 0.15) is 24.8 Å². The third-order valence-corrected chi connectivity index (χ3v) is 3.45. The van der Waals surface area contributed by atoms with Crippen LogP contribution in [0.5, 0.6) is 5.75 Å². The van der Waals surface area contributed by atoms with Crippen molar-refractivity contribution in [3.05, 3.63) is 29.1 Å². The summed E-state index contributed by atoms with van der Waals surface area (Å²) in [5.41, 5.74) is -1.51. The summed E-state index contributed by atoms with van der Waals surface area (Å²) in [5.74, 6) is -6.26. The first-order valence-corrected chi connectivity index (χ1v) is 5.39. The second-order valence-corrected chi connectivity index (χ2v) is 4.31. The number of carboxylic acid groups (broad SMARTS) is 1. The molecule has 0 unspecified atom stereocenters. The summed E-state index contributed by atoms with van der Waals surface area (Å²) in [5, 5.41) is 9.21. The minimum Gasteiger partial charge on any atom is -0.493 e. The van der Waals surface area contributed by atoms with Crippen molar-refractivity contribution >= 4 is 5.97 Å². The molecule has 1 aromatic rings. The molecule has 98 valence electrons. The highest BCUT2D eigenvalue weighted by atomic mass is 19.2. The lowest BCUT2D eigenvalue weighted by Gasteiger charge is -2.38. The molecule has 2 rings (SSSR count). The summed E-state index contributed by atoms with van der Waals surface area (Å²) < 4.78 is 44.6. The van der Waals surface area contributed by atoms with Crippen LogP contribution in [-0.2, 0) is 10.2 Å². The molecule has 1 fully saturated rings. The molecule has 0 saturated heterocycles.